The SMILES string of the molecule is Cc1ccc(Cl)c(OC[C@]2(O)CCCN(Cc3ccc(OCCCn4cccn4)cc3)C2)c1. The molecule has 0 saturated carbocycles. The summed E-state index contributed by atoms with van der Waals surface area (Å²) >= 11 is 6.24. The molecule has 3 aromatic rings. The summed E-state index contributed by atoms with van der Waals surface area (Å²) < 4.78 is 13.7. The molecular weight excluding hydrogens is 438 g/mol. The molecule has 1 fully saturated rings. The first-order valence-electron chi connectivity index (χ1n) is 11.5. The molecule has 1 saturated heterocycles. The highest BCUT2D eigenvalue weighted by atomic mass is 35.5. The lowest BCUT2D eigenvalue weighted by Gasteiger charge is -2.39. The van der Waals surface area contributed by atoms with E-state index in [0.29, 0.717) is 23.9 Å². The van der Waals surface area contributed by atoms with Crippen molar-refractivity contribution in [2.24, 2.45) is 0 Å². The van der Waals surface area contributed by atoms with Gasteiger partial charge in [-0.25, -0.2) is 0 Å². The van der Waals surface area contributed by atoms with Crippen LogP contribution in [-0.4, -0.2) is 51.7 Å². The van der Waals surface area contributed by atoms with Crippen LogP contribution in [0.1, 0.15) is 30.4 Å². The van der Waals surface area contributed by atoms with E-state index in [9.17, 15) is 5.11 Å². The molecule has 0 aliphatic carbocycles. The highest BCUT2D eigenvalue weighted by Crippen LogP contribution is 2.29. The molecule has 0 amide bonds. The fourth-order valence-electron chi connectivity index (χ4n) is 4.19. The monoisotopic (exact) mass is 469 g/mol. The van der Waals surface area contributed by atoms with E-state index < -0.39 is 5.60 Å². The number of hydrogen-bond donors (Lipinski definition) is 1. The standard InChI is InChI=1S/C26H32ClN3O3/c1-21-5-10-24(27)25(17-21)33-20-26(31)11-2-13-29(19-26)18-22-6-8-23(9-7-22)32-16-4-15-30-14-3-12-28-30/h3,5-10,12,14,17,31H,2,4,11,13,15-16,18-20H2,1H3/t26-/m0/s1. The van der Waals surface area contributed by atoms with Crippen LogP contribution in [0.25, 0.3) is 0 Å². The molecule has 1 atom stereocenters. The van der Waals surface area contributed by atoms with Crippen LogP contribution in [0.4, 0.5) is 0 Å². The first kappa shape index (κ1) is 23.6. The Morgan fingerprint density at radius 1 is 1.15 bits per heavy atom. The van der Waals surface area contributed by atoms with E-state index in [-0.39, 0.29) is 6.61 Å². The van der Waals surface area contributed by atoms with Crippen LogP contribution < -0.4 is 9.47 Å². The molecule has 0 radical (unpaired) electrons. The molecule has 4 rings (SSSR count). The van der Waals surface area contributed by atoms with Gasteiger partial charge in [0.1, 0.15) is 23.7 Å². The smallest absolute Gasteiger partial charge is 0.138 e. The van der Waals surface area contributed by atoms with Crippen molar-refractivity contribution in [1.29, 1.82) is 0 Å². The molecule has 2 aromatic carbocycles. The van der Waals surface area contributed by atoms with Crippen LogP contribution in [-0.2, 0) is 13.1 Å². The number of benzene rings is 2. The van der Waals surface area contributed by atoms with E-state index >= 15 is 0 Å². The first-order chi connectivity index (χ1) is 16.0. The highest BCUT2D eigenvalue weighted by molar-refractivity contribution is 6.32. The number of ether oxygens (including phenoxy) is 2. The Bertz CT molecular complexity index is 1010. The highest BCUT2D eigenvalue weighted by Gasteiger charge is 2.34. The lowest BCUT2D eigenvalue weighted by atomic mass is 9.93. The number of rotatable bonds is 10. The Balaban J connectivity index is 1.24. The van der Waals surface area contributed by atoms with Crippen molar-refractivity contribution in [2.75, 3.05) is 26.3 Å². The van der Waals surface area contributed by atoms with Gasteiger partial charge in [-0.15, -0.1) is 0 Å². The van der Waals surface area contributed by atoms with Crippen LogP contribution in [0.15, 0.2) is 60.9 Å². The minimum atomic E-state index is -0.886. The van der Waals surface area contributed by atoms with Crippen LogP contribution >= 0.6 is 11.6 Å². The molecule has 2 heterocycles. The van der Waals surface area contributed by atoms with Crippen molar-refractivity contribution in [3.63, 3.8) is 0 Å². The number of halogens is 1. The van der Waals surface area contributed by atoms with E-state index in [1.165, 1.54) is 5.56 Å². The van der Waals surface area contributed by atoms with Gasteiger partial charge >= 0.3 is 0 Å². The fourth-order valence-corrected chi connectivity index (χ4v) is 4.36. The third kappa shape index (κ3) is 6.97. The van der Waals surface area contributed by atoms with Crippen molar-refractivity contribution in [1.82, 2.24) is 14.7 Å². The summed E-state index contributed by atoms with van der Waals surface area (Å²) in [5, 5.41) is 15.9. The Morgan fingerprint density at radius 2 is 2.00 bits per heavy atom. The predicted molar refractivity (Wildman–Crippen MR) is 130 cm³/mol. The average molecular weight is 470 g/mol. The van der Waals surface area contributed by atoms with E-state index in [0.717, 1.165) is 50.2 Å². The molecule has 0 spiro atoms. The summed E-state index contributed by atoms with van der Waals surface area (Å²) in [7, 11) is 0. The Kier molecular flexibility index (Phi) is 7.91. The maximum absolute atomic E-state index is 11.1. The van der Waals surface area contributed by atoms with Gasteiger partial charge in [0.05, 0.1) is 11.6 Å². The number of aliphatic hydroxyl groups is 1. The Morgan fingerprint density at radius 3 is 2.79 bits per heavy atom. The second kappa shape index (κ2) is 11.1. The minimum Gasteiger partial charge on any atom is -0.494 e. The predicted octanol–water partition coefficient (Wildman–Crippen LogP) is 4.72. The third-order valence-electron chi connectivity index (χ3n) is 5.91. The van der Waals surface area contributed by atoms with Gasteiger partial charge in [0, 0.05) is 38.4 Å². The fraction of sp³-hybridized carbons (Fsp3) is 0.423. The average Bonchev–Trinajstić information content (AvgIpc) is 3.32. The van der Waals surface area contributed by atoms with Crippen LogP contribution in [0.3, 0.4) is 0 Å². The number of β-amino-alcohol motifs (C(OH)–C–C–N with tert-alkyl or cyclic N) is 1. The van der Waals surface area contributed by atoms with Gasteiger partial charge in [0.15, 0.2) is 0 Å². The number of likely N-dealkylation sites (tertiary alicyclic amines) is 1. The van der Waals surface area contributed by atoms with Gasteiger partial charge < -0.3 is 14.6 Å². The molecule has 1 aromatic heterocycles. The normalized spacial score (nSPS) is 18.9. The van der Waals surface area contributed by atoms with Gasteiger partial charge in [-0.2, -0.15) is 5.10 Å². The second-order valence-corrected chi connectivity index (χ2v) is 9.28. The lowest BCUT2D eigenvalue weighted by Crippen LogP contribution is -2.51. The first-order valence-corrected chi connectivity index (χ1v) is 11.9. The van der Waals surface area contributed by atoms with E-state index in [2.05, 4.69) is 22.1 Å². The number of nitrogens with zero attached hydrogens (tertiary/aromatic N) is 3. The molecule has 1 aliphatic heterocycles. The molecule has 6 nitrogen and oxygen atoms in total. The molecule has 33 heavy (non-hydrogen) atoms. The van der Waals surface area contributed by atoms with Crippen molar-refractivity contribution in [2.45, 2.75) is 44.9 Å². The van der Waals surface area contributed by atoms with Crippen LogP contribution in [0.5, 0.6) is 11.5 Å². The molecule has 1 N–H and O–H groups in total. The number of aryl methyl sites for hydroxylation is 2. The van der Waals surface area contributed by atoms with Crippen molar-refractivity contribution < 1.29 is 14.6 Å². The largest absolute Gasteiger partial charge is 0.494 e. The van der Waals surface area contributed by atoms with Gasteiger partial charge in [-0.05, 0) is 67.8 Å². The van der Waals surface area contributed by atoms with E-state index in [4.69, 9.17) is 21.1 Å². The number of piperidine rings is 1. The van der Waals surface area contributed by atoms with Crippen LogP contribution in [0.2, 0.25) is 5.02 Å². The molecule has 1 aliphatic rings. The van der Waals surface area contributed by atoms with Crippen LogP contribution in [0, 0.1) is 6.92 Å². The summed E-state index contributed by atoms with van der Waals surface area (Å²) in [6, 6.07) is 15.8. The topological polar surface area (TPSA) is 59.8 Å². The molecule has 0 unspecified atom stereocenters. The maximum Gasteiger partial charge on any atom is 0.138 e. The molecule has 7 heteroatoms. The van der Waals surface area contributed by atoms with Gasteiger partial charge in [0.25, 0.3) is 0 Å². The summed E-state index contributed by atoms with van der Waals surface area (Å²) in [6.45, 7) is 6.05. The molecule has 0 bridgehead atoms. The third-order valence-corrected chi connectivity index (χ3v) is 6.22. The van der Waals surface area contributed by atoms with E-state index in [1.54, 1.807) is 6.20 Å². The van der Waals surface area contributed by atoms with Crippen molar-refractivity contribution >= 4 is 11.6 Å². The zero-order valence-electron chi connectivity index (χ0n) is 19.1. The quantitative estimate of drug-likeness (QED) is 0.435. The zero-order chi connectivity index (χ0) is 23.1. The second-order valence-electron chi connectivity index (χ2n) is 8.88. The molecular formula is C26H32ClN3O3. The van der Waals surface area contributed by atoms with Gasteiger partial charge in [-0.1, -0.05) is 29.8 Å². The summed E-state index contributed by atoms with van der Waals surface area (Å²) in [6.07, 6.45) is 6.30. The number of aromatic nitrogens is 2. The van der Waals surface area contributed by atoms with Crippen molar-refractivity contribution in [3.05, 3.63) is 77.1 Å². The Hall–Kier alpha value is -2.54. The summed E-state index contributed by atoms with van der Waals surface area (Å²) in [4.78, 5) is 2.28. The number of hydrogen-bond acceptors (Lipinski definition) is 5. The lowest BCUT2D eigenvalue weighted by molar-refractivity contribution is -0.0620. The summed E-state index contributed by atoms with van der Waals surface area (Å²) in [5.74, 6) is 1.50. The van der Waals surface area contributed by atoms with E-state index in [1.807, 2.05) is 54.2 Å². The zero-order valence-corrected chi connectivity index (χ0v) is 19.9. The molecule has 176 valence electrons. The van der Waals surface area contributed by atoms with Gasteiger partial charge in [0.2, 0.25) is 0 Å². The summed E-state index contributed by atoms with van der Waals surface area (Å²) in [5.41, 5.74) is 1.39. The Labute approximate surface area is 200 Å². The van der Waals surface area contributed by atoms with Crippen molar-refractivity contribution in [3.8, 4) is 11.5 Å². The van der Waals surface area contributed by atoms with Gasteiger partial charge in [-0.3, -0.25) is 9.58 Å². The minimum absolute atomic E-state index is 0.234. The maximum atomic E-state index is 11.1.